The molecule has 3 aromatic heterocycles. The zero-order valence-electron chi connectivity index (χ0n) is 23.5. The number of amides is 1. The monoisotopic (exact) mass is 583 g/mol. The first-order valence-electron chi connectivity index (χ1n) is 13.7. The van der Waals surface area contributed by atoms with E-state index in [1.54, 1.807) is 22.5 Å². The zero-order chi connectivity index (χ0) is 29.6. The minimum absolute atomic E-state index is 0.0796. The second-order valence-corrected chi connectivity index (χ2v) is 12.7. The van der Waals surface area contributed by atoms with Gasteiger partial charge in [0, 0.05) is 23.8 Å². The van der Waals surface area contributed by atoms with Crippen LogP contribution in [0, 0.1) is 22.6 Å². The Morgan fingerprint density at radius 1 is 1.29 bits per heavy atom. The lowest BCUT2D eigenvalue weighted by Crippen LogP contribution is -2.51. The fourth-order valence-electron chi connectivity index (χ4n) is 5.30. The molecule has 0 spiro atoms. The Balaban J connectivity index is 1.47. The van der Waals surface area contributed by atoms with Crippen LogP contribution in [0.2, 0.25) is 0 Å². The first-order valence-corrected chi connectivity index (χ1v) is 14.6. The van der Waals surface area contributed by atoms with Crippen LogP contribution in [0.4, 0.5) is 15.8 Å². The van der Waals surface area contributed by atoms with Crippen molar-refractivity contribution in [3.05, 3.63) is 70.9 Å². The van der Waals surface area contributed by atoms with Gasteiger partial charge in [0.1, 0.15) is 22.8 Å². The second-order valence-electron chi connectivity index (χ2n) is 11.9. The summed E-state index contributed by atoms with van der Waals surface area (Å²) in [5.41, 5.74) is 10.3. The van der Waals surface area contributed by atoms with Crippen LogP contribution >= 0.6 is 11.3 Å². The van der Waals surface area contributed by atoms with Crippen LogP contribution in [0.5, 0.6) is 0 Å². The van der Waals surface area contributed by atoms with Gasteiger partial charge < -0.3 is 16.4 Å². The molecule has 0 bridgehead atoms. The number of rotatable bonds is 8. The summed E-state index contributed by atoms with van der Waals surface area (Å²) in [4.78, 5) is 21.1. The lowest BCUT2D eigenvalue weighted by Gasteiger charge is -2.38. The molecule has 0 saturated heterocycles. The molecule has 0 radical (unpaired) electrons. The number of anilines is 2. The molecule has 3 heterocycles. The number of aromatic nitrogens is 5. The van der Waals surface area contributed by atoms with Crippen molar-refractivity contribution in [1.82, 2.24) is 25.0 Å². The maximum absolute atomic E-state index is 15.6. The number of nitrogens with one attached hydrogen (secondary N) is 2. The molecular formula is C30H30FN9OS. The number of thiazole rings is 1. The molecule has 0 aliphatic heterocycles. The van der Waals surface area contributed by atoms with Crippen molar-refractivity contribution in [1.29, 1.82) is 5.26 Å². The highest BCUT2D eigenvalue weighted by Crippen LogP contribution is 2.40. The third-order valence-corrected chi connectivity index (χ3v) is 8.63. The predicted octanol–water partition coefficient (Wildman–Crippen LogP) is 5.47. The van der Waals surface area contributed by atoms with Gasteiger partial charge in [-0.15, -0.1) is 16.4 Å². The number of halogens is 1. The van der Waals surface area contributed by atoms with E-state index in [9.17, 15) is 10.1 Å². The standard InChI is InChI=1S/C30H30FN9OS/c1-29(2,3)15-35-24-17(12-32)13-34-25-20(24)10-18(11-21(25)31)37-26(19-6-4-7-22-27(19)42-16-36-22)23-14-40(39-38-23)30(28(33)41)8-5-9-30/h4,6-7,10-11,13-14,16,26,37H,5,8-9,15H2,1-3H3,(H2,33,41)(H,34,35). The van der Waals surface area contributed by atoms with Crippen LogP contribution in [0.15, 0.2) is 48.2 Å². The Bertz CT molecular complexity index is 1860. The zero-order valence-corrected chi connectivity index (χ0v) is 24.3. The first kappa shape index (κ1) is 27.5. The molecule has 4 N–H and O–H groups in total. The number of pyridine rings is 1. The molecule has 10 nitrogen and oxygen atoms in total. The van der Waals surface area contributed by atoms with Crippen LogP contribution in [0.3, 0.4) is 0 Å². The number of carbonyl (C=O) groups is 1. The molecule has 1 unspecified atom stereocenters. The van der Waals surface area contributed by atoms with E-state index in [-0.39, 0.29) is 10.9 Å². The molecule has 5 aromatic rings. The Kier molecular flexibility index (Phi) is 6.77. The number of primary amides is 1. The normalized spacial score (nSPS) is 15.2. The Morgan fingerprint density at radius 2 is 2.10 bits per heavy atom. The summed E-state index contributed by atoms with van der Waals surface area (Å²) in [5, 5.41) is 25.9. The number of fused-ring (bicyclic) bond motifs is 2. The largest absolute Gasteiger partial charge is 0.383 e. The molecule has 1 aliphatic carbocycles. The van der Waals surface area contributed by atoms with E-state index < -0.39 is 23.3 Å². The average molecular weight is 584 g/mol. The second kappa shape index (κ2) is 10.3. The molecule has 1 aliphatic rings. The minimum atomic E-state index is -0.895. The quantitative estimate of drug-likeness (QED) is 0.218. The minimum Gasteiger partial charge on any atom is -0.383 e. The van der Waals surface area contributed by atoms with Gasteiger partial charge in [-0.25, -0.2) is 14.1 Å². The summed E-state index contributed by atoms with van der Waals surface area (Å²) >= 11 is 1.49. The molecular weight excluding hydrogens is 553 g/mol. The summed E-state index contributed by atoms with van der Waals surface area (Å²) in [6.07, 6.45) is 5.21. The smallest absolute Gasteiger partial charge is 0.245 e. The fourth-order valence-corrected chi connectivity index (χ4v) is 6.14. The van der Waals surface area contributed by atoms with Gasteiger partial charge >= 0.3 is 0 Å². The van der Waals surface area contributed by atoms with Gasteiger partial charge in [-0.3, -0.25) is 9.78 Å². The third-order valence-electron chi connectivity index (χ3n) is 7.73. The van der Waals surface area contributed by atoms with Gasteiger partial charge in [0.05, 0.1) is 39.2 Å². The van der Waals surface area contributed by atoms with Crippen molar-refractivity contribution in [2.45, 2.75) is 51.6 Å². The molecule has 1 fully saturated rings. The Labute approximate surface area is 245 Å². The topological polar surface area (TPSA) is 147 Å². The average Bonchev–Trinajstić information content (AvgIpc) is 3.59. The fraction of sp³-hybridized carbons (Fsp3) is 0.333. The summed E-state index contributed by atoms with van der Waals surface area (Å²) in [6.45, 7) is 6.80. The molecule has 1 atom stereocenters. The third kappa shape index (κ3) is 4.79. The van der Waals surface area contributed by atoms with Crippen molar-refractivity contribution >= 4 is 49.7 Å². The Morgan fingerprint density at radius 3 is 2.79 bits per heavy atom. The van der Waals surface area contributed by atoms with Gasteiger partial charge in [0.25, 0.3) is 0 Å². The maximum atomic E-state index is 15.6. The van der Waals surface area contributed by atoms with Crippen LogP contribution in [0.1, 0.15) is 62.9 Å². The molecule has 1 saturated carbocycles. The number of nitrogens with zero attached hydrogens (tertiary/aromatic N) is 6. The van der Waals surface area contributed by atoms with E-state index in [1.165, 1.54) is 23.6 Å². The van der Waals surface area contributed by atoms with E-state index in [0.29, 0.717) is 47.4 Å². The molecule has 2 aromatic carbocycles. The van der Waals surface area contributed by atoms with Crippen LogP contribution < -0.4 is 16.4 Å². The number of hydrogen-bond acceptors (Lipinski definition) is 9. The molecule has 12 heteroatoms. The van der Waals surface area contributed by atoms with Gasteiger partial charge in [0.15, 0.2) is 5.82 Å². The van der Waals surface area contributed by atoms with Gasteiger partial charge in [-0.2, -0.15) is 5.26 Å². The van der Waals surface area contributed by atoms with E-state index in [1.807, 2.05) is 18.2 Å². The highest BCUT2D eigenvalue weighted by molar-refractivity contribution is 7.17. The van der Waals surface area contributed by atoms with E-state index >= 15 is 4.39 Å². The first-order chi connectivity index (χ1) is 20.1. The van der Waals surface area contributed by atoms with E-state index in [2.05, 4.69) is 57.8 Å². The highest BCUT2D eigenvalue weighted by atomic mass is 32.1. The number of nitriles is 1. The van der Waals surface area contributed by atoms with Crippen LogP contribution in [-0.4, -0.2) is 37.4 Å². The molecule has 1 amide bonds. The van der Waals surface area contributed by atoms with Gasteiger partial charge in [-0.05, 0) is 48.4 Å². The highest BCUT2D eigenvalue weighted by Gasteiger charge is 2.46. The van der Waals surface area contributed by atoms with E-state index in [4.69, 9.17) is 5.73 Å². The van der Waals surface area contributed by atoms with Crippen molar-refractivity contribution in [3.8, 4) is 6.07 Å². The summed E-state index contributed by atoms with van der Waals surface area (Å²) < 4.78 is 18.1. The number of benzene rings is 2. The maximum Gasteiger partial charge on any atom is 0.245 e. The van der Waals surface area contributed by atoms with Crippen LogP contribution in [0.25, 0.3) is 21.1 Å². The summed E-state index contributed by atoms with van der Waals surface area (Å²) in [6, 6.07) is 10.6. The number of nitrogens with two attached hydrogens (primary N) is 1. The van der Waals surface area contributed by atoms with Crippen molar-refractivity contribution in [2.75, 3.05) is 17.2 Å². The molecule has 42 heavy (non-hydrogen) atoms. The van der Waals surface area contributed by atoms with Crippen molar-refractivity contribution in [2.24, 2.45) is 11.1 Å². The van der Waals surface area contributed by atoms with Crippen molar-refractivity contribution < 1.29 is 9.18 Å². The lowest BCUT2D eigenvalue weighted by molar-refractivity contribution is -0.131. The summed E-state index contributed by atoms with van der Waals surface area (Å²) in [5.74, 6) is -0.967. The SMILES string of the molecule is CC(C)(C)CNc1c(C#N)cnc2c(F)cc(NC(c3cn(C4(C(N)=O)CCC4)nn3)c3cccc4ncsc34)cc12. The Hall–Kier alpha value is -4.63. The molecule has 214 valence electrons. The van der Waals surface area contributed by atoms with E-state index in [0.717, 1.165) is 22.2 Å². The number of hydrogen-bond donors (Lipinski definition) is 3. The number of carbonyl (C=O) groups excluding carboxylic acids is 1. The van der Waals surface area contributed by atoms with Gasteiger partial charge in [0.2, 0.25) is 5.91 Å². The van der Waals surface area contributed by atoms with Gasteiger partial charge in [-0.1, -0.05) is 38.1 Å². The predicted molar refractivity (Wildman–Crippen MR) is 160 cm³/mol. The molecule has 6 rings (SSSR count). The van der Waals surface area contributed by atoms with Crippen LogP contribution in [-0.2, 0) is 10.3 Å². The summed E-state index contributed by atoms with van der Waals surface area (Å²) in [7, 11) is 0. The lowest BCUT2D eigenvalue weighted by atomic mass is 9.76. The van der Waals surface area contributed by atoms with Crippen molar-refractivity contribution in [3.63, 3.8) is 0 Å².